The average Bonchev–Trinajstić information content (AvgIpc) is 2.30. The molecule has 1 heterocycles. The minimum atomic E-state index is -0.503. The molecule has 5 heteroatoms. The van der Waals surface area contributed by atoms with E-state index in [9.17, 15) is 14.3 Å². The summed E-state index contributed by atoms with van der Waals surface area (Å²) in [6, 6.07) is 5.22. The lowest BCUT2D eigenvalue weighted by Gasteiger charge is -2.33. The monoisotopic (exact) mass is 225 g/mol. The zero-order valence-corrected chi connectivity index (χ0v) is 8.60. The number of hydrogen-bond acceptors (Lipinski definition) is 3. The molecule has 1 unspecified atom stereocenters. The average molecular weight is 225 g/mol. The van der Waals surface area contributed by atoms with Gasteiger partial charge < -0.3 is 9.84 Å². The summed E-state index contributed by atoms with van der Waals surface area (Å²) in [7, 11) is 0. The van der Waals surface area contributed by atoms with Gasteiger partial charge in [-0.1, -0.05) is 0 Å². The van der Waals surface area contributed by atoms with Crippen molar-refractivity contribution in [1.82, 2.24) is 0 Å². The van der Waals surface area contributed by atoms with Crippen LogP contribution in [-0.4, -0.2) is 30.5 Å². The van der Waals surface area contributed by atoms with Crippen molar-refractivity contribution in [3.63, 3.8) is 0 Å². The van der Waals surface area contributed by atoms with E-state index in [1.807, 2.05) is 0 Å². The van der Waals surface area contributed by atoms with Crippen LogP contribution >= 0.6 is 0 Å². The maximum absolute atomic E-state index is 12.7. The first-order valence-corrected chi connectivity index (χ1v) is 5.05. The van der Waals surface area contributed by atoms with Crippen molar-refractivity contribution in [3.05, 3.63) is 30.1 Å². The molecule has 0 radical (unpaired) electrons. The number of amides is 1. The molecule has 0 spiro atoms. The number of rotatable bonds is 2. The zero-order chi connectivity index (χ0) is 11.5. The summed E-state index contributed by atoms with van der Waals surface area (Å²) in [5.41, 5.74) is 0.533. The van der Waals surface area contributed by atoms with E-state index >= 15 is 0 Å². The Labute approximate surface area is 92.2 Å². The van der Waals surface area contributed by atoms with Gasteiger partial charge in [-0.3, -0.25) is 4.90 Å². The van der Waals surface area contributed by atoms with Gasteiger partial charge in [-0.15, -0.1) is 0 Å². The van der Waals surface area contributed by atoms with Crippen LogP contribution in [-0.2, 0) is 4.74 Å². The SMILES string of the molecule is O=C1OCCC(CO)N1c1ccc(F)cc1. The predicted molar refractivity (Wildman–Crippen MR) is 55.7 cm³/mol. The molecule has 1 aromatic rings. The van der Waals surface area contributed by atoms with Crippen molar-refractivity contribution < 1.29 is 19.0 Å². The molecule has 0 saturated carbocycles. The van der Waals surface area contributed by atoms with Gasteiger partial charge in [0.15, 0.2) is 0 Å². The van der Waals surface area contributed by atoms with E-state index in [2.05, 4.69) is 0 Å². The molecule has 0 aromatic heterocycles. The van der Waals surface area contributed by atoms with Crippen molar-refractivity contribution in [2.45, 2.75) is 12.5 Å². The molecule has 1 aliphatic rings. The Kier molecular flexibility index (Phi) is 3.05. The summed E-state index contributed by atoms with van der Waals surface area (Å²) in [6.07, 6.45) is 0.0662. The normalized spacial score (nSPS) is 20.8. The smallest absolute Gasteiger partial charge is 0.414 e. The molecule has 16 heavy (non-hydrogen) atoms. The van der Waals surface area contributed by atoms with Crippen molar-refractivity contribution in [2.24, 2.45) is 0 Å². The largest absolute Gasteiger partial charge is 0.449 e. The predicted octanol–water partition coefficient (Wildman–Crippen LogP) is 1.53. The quantitative estimate of drug-likeness (QED) is 0.830. The number of aliphatic hydroxyl groups is 1. The lowest BCUT2D eigenvalue weighted by atomic mass is 10.1. The van der Waals surface area contributed by atoms with Crippen LogP contribution in [0.25, 0.3) is 0 Å². The second kappa shape index (κ2) is 4.49. The van der Waals surface area contributed by atoms with Crippen LogP contribution in [0.3, 0.4) is 0 Å². The Morgan fingerprint density at radius 2 is 2.12 bits per heavy atom. The fraction of sp³-hybridized carbons (Fsp3) is 0.364. The van der Waals surface area contributed by atoms with Gasteiger partial charge in [0, 0.05) is 12.1 Å². The van der Waals surface area contributed by atoms with E-state index in [4.69, 9.17) is 4.74 Å². The third kappa shape index (κ3) is 1.99. The number of anilines is 1. The second-order valence-electron chi connectivity index (χ2n) is 3.59. The number of halogens is 1. The Hall–Kier alpha value is -1.62. The second-order valence-corrected chi connectivity index (χ2v) is 3.59. The van der Waals surface area contributed by atoms with Crippen LogP contribution in [0.5, 0.6) is 0 Å². The van der Waals surface area contributed by atoms with Gasteiger partial charge in [-0.2, -0.15) is 0 Å². The molecule has 1 amide bonds. The summed E-state index contributed by atoms with van der Waals surface area (Å²) < 4.78 is 17.6. The summed E-state index contributed by atoms with van der Waals surface area (Å²) in [4.78, 5) is 12.9. The first-order valence-electron chi connectivity index (χ1n) is 5.05. The summed E-state index contributed by atoms with van der Waals surface area (Å²) >= 11 is 0. The Morgan fingerprint density at radius 1 is 1.44 bits per heavy atom. The van der Waals surface area contributed by atoms with Gasteiger partial charge in [0.05, 0.1) is 19.3 Å². The van der Waals surface area contributed by atoms with Crippen LogP contribution in [0.1, 0.15) is 6.42 Å². The number of aliphatic hydroxyl groups excluding tert-OH is 1. The highest BCUT2D eigenvalue weighted by molar-refractivity contribution is 5.88. The first-order chi connectivity index (χ1) is 7.72. The molecule has 2 rings (SSSR count). The van der Waals surface area contributed by atoms with E-state index in [1.165, 1.54) is 29.2 Å². The van der Waals surface area contributed by atoms with Crippen LogP contribution in [0, 0.1) is 5.82 Å². The standard InChI is InChI=1S/C11H12FNO3/c12-8-1-3-9(4-2-8)13-10(7-14)5-6-16-11(13)15/h1-4,10,14H,5-7H2. The molecule has 1 fully saturated rings. The fourth-order valence-electron chi connectivity index (χ4n) is 1.72. The molecular weight excluding hydrogens is 213 g/mol. The topological polar surface area (TPSA) is 49.8 Å². The van der Waals surface area contributed by atoms with Crippen LogP contribution in [0.15, 0.2) is 24.3 Å². The number of nitrogens with zero attached hydrogens (tertiary/aromatic N) is 1. The van der Waals surface area contributed by atoms with Crippen LogP contribution in [0.2, 0.25) is 0 Å². The Bertz CT molecular complexity index is 379. The number of benzene rings is 1. The summed E-state index contributed by atoms with van der Waals surface area (Å²) in [5.74, 6) is -0.366. The van der Waals surface area contributed by atoms with Gasteiger partial charge >= 0.3 is 6.09 Å². The number of carbonyl (C=O) groups excluding carboxylic acids is 1. The lowest BCUT2D eigenvalue weighted by Crippen LogP contribution is -2.47. The molecule has 1 aromatic carbocycles. The maximum atomic E-state index is 12.7. The molecule has 0 aliphatic carbocycles. The molecule has 1 N–H and O–H groups in total. The molecule has 4 nitrogen and oxygen atoms in total. The summed E-state index contributed by atoms with van der Waals surface area (Å²) in [5, 5.41) is 9.17. The summed E-state index contributed by atoms with van der Waals surface area (Å²) in [6.45, 7) is 0.175. The van der Waals surface area contributed by atoms with Gasteiger partial charge in [0.1, 0.15) is 5.82 Å². The van der Waals surface area contributed by atoms with Crippen LogP contribution < -0.4 is 4.90 Å². The zero-order valence-electron chi connectivity index (χ0n) is 8.60. The van der Waals surface area contributed by atoms with Crippen molar-refractivity contribution in [2.75, 3.05) is 18.1 Å². The highest BCUT2D eigenvalue weighted by atomic mass is 19.1. The van der Waals surface area contributed by atoms with Crippen molar-refractivity contribution >= 4 is 11.8 Å². The van der Waals surface area contributed by atoms with E-state index in [-0.39, 0.29) is 18.5 Å². The van der Waals surface area contributed by atoms with Gasteiger partial charge in [-0.05, 0) is 24.3 Å². The minimum absolute atomic E-state index is 0.132. The van der Waals surface area contributed by atoms with Gasteiger partial charge in [-0.25, -0.2) is 9.18 Å². The van der Waals surface area contributed by atoms with Crippen molar-refractivity contribution in [3.8, 4) is 0 Å². The molecule has 86 valence electrons. The maximum Gasteiger partial charge on any atom is 0.414 e. The molecule has 0 bridgehead atoms. The lowest BCUT2D eigenvalue weighted by molar-refractivity contribution is 0.116. The molecule has 1 saturated heterocycles. The van der Waals surface area contributed by atoms with Crippen molar-refractivity contribution in [1.29, 1.82) is 0 Å². The fourth-order valence-corrected chi connectivity index (χ4v) is 1.72. The Morgan fingerprint density at radius 3 is 2.75 bits per heavy atom. The highest BCUT2D eigenvalue weighted by Gasteiger charge is 2.30. The number of cyclic esters (lactones) is 1. The number of carbonyl (C=O) groups is 1. The van der Waals surface area contributed by atoms with E-state index in [0.29, 0.717) is 18.7 Å². The Balaban J connectivity index is 2.28. The molecular formula is C11H12FNO3. The van der Waals surface area contributed by atoms with Gasteiger partial charge in [0.2, 0.25) is 0 Å². The van der Waals surface area contributed by atoms with E-state index in [0.717, 1.165) is 0 Å². The minimum Gasteiger partial charge on any atom is -0.449 e. The molecule has 1 aliphatic heterocycles. The number of hydrogen-bond donors (Lipinski definition) is 1. The van der Waals surface area contributed by atoms with E-state index < -0.39 is 6.09 Å². The first kappa shape index (κ1) is 10.9. The number of ether oxygens (including phenoxy) is 1. The van der Waals surface area contributed by atoms with Gasteiger partial charge in [0.25, 0.3) is 0 Å². The third-order valence-electron chi connectivity index (χ3n) is 2.55. The highest BCUT2D eigenvalue weighted by Crippen LogP contribution is 2.23. The third-order valence-corrected chi connectivity index (χ3v) is 2.55. The van der Waals surface area contributed by atoms with Crippen LogP contribution in [0.4, 0.5) is 14.9 Å². The van der Waals surface area contributed by atoms with E-state index in [1.54, 1.807) is 0 Å². The molecule has 1 atom stereocenters.